The molecule has 0 N–H and O–H groups in total. The van der Waals surface area contributed by atoms with Gasteiger partial charge in [0.05, 0.1) is 18.0 Å². The first-order chi connectivity index (χ1) is 18.5. The van der Waals surface area contributed by atoms with Crippen molar-refractivity contribution in [2.24, 2.45) is 5.92 Å². The molecule has 0 saturated carbocycles. The molecule has 1 amide bonds. The Morgan fingerprint density at radius 3 is 2.79 bits per heavy atom. The van der Waals surface area contributed by atoms with Gasteiger partial charge in [-0.05, 0) is 50.8 Å². The van der Waals surface area contributed by atoms with Crippen LogP contribution in [0, 0.1) is 12.8 Å². The Labute approximate surface area is 226 Å². The summed E-state index contributed by atoms with van der Waals surface area (Å²) >= 11 is 1.52. The molecule has 38 heavy (non-hydrogen) atoms. The number of hydrogen-bond donors (Lipinski definition) is 0. The Hall–Kier alpha value is -3.46. The molecule has 198 valence electrons. The van der Waals surface area contributed by atoms with Crippen LogP contribution in [0.1, 0.15) is 43.7 Å². The fourth-order valence-electron chi connectivity index (χ4n) is 5.04. The van der Waals surface area contributed by atoms with E-state index in [2.05, 4.69) is 52.0 Å². The van der Waals surface area contributed by atoms with Crippen LogP contribution in [0.2, 0.25) is 0 Å². The molecule has 5 rings (SSSR count). The molecule has 1 aliphatic heterocycles. The Bertz CT molecular complexity index is 1440. The van der Waals surface area contributed by atoms with Crippen LogP contribution in [-0.4, -0.2) is 62.0 Å². The van der Waals surface area contributed by atoms with E-state index in [0.29, 0.717) is 50.0 Å². The second-order valence-corrected chi connectivity index (χ2v) is 10.8. The summed E-state index contributed by atoms with van der Waals surface area (Å²) in [5.41, 5.74) is 5.08. The summed E-state index contributed by atoms with van der Waals surface area (Å²) in [5, 5.41) is 10.6. The minimum atomic E-state index is -0.209. The number of amides is 1. The van der Waals surface area contributed by atoms with Crippen LogP contribution in [0.15, 0.2) is 53.7 Å². The van der Waals surface area contributed by atoms with Gasteiger partial charge in [0.1, 0.15) is 5.52 Å². The molecule has 4 aromatic rings. The second-order valence-electron chi connectivity index (χ2n) is 9.74. The maximum Gasteiger partial charge on any atom is 0.310 e. The Balaban J connectivity index is 1.25. The second kappa shape index (κ2) is 11.9. The minimum absolute atomic E-state index is 0.0902. The highest BCUT2D eigenvalue weighted by atomic mass is 32.2. The number of nitrogens with zero attached hydrogens (tertiary/aromatic N) is 5. The topological polar surface area (TPSA) is 90.2 Å². The van der Waals surface area contributed by atoms with Crippen LogP contribution in [0.5, 0.6) is 0 Å². The van der Waals surface area contributed by atoms with Crippen LogP contribution in [-0.2, 0) is 20.9 Å². The zero-order valence-corrected chi connectivity index (χ0v) is 22.7. The van der Waals surface area contributed by atoms with E-state index in [9.17, 15) is 9.59 Å². The number of carbonyl (C=O) groups excluding carboxylic acids is 2. The number of piperidine rings is 1. The molecule has 8 nitrogen and oxygen atoms in total. The van der Waals surface area contributed by atoms with E-state index in [4.69, 9.17) is 9.72 Å². The molecule has 9 heteroatoms. The normalized spacial score (nSPS) is 15.7. The number of benzene rings is 2. The fraction of sp³-hybridized carbons (Fsp3) is 0.414. The molecule has 0 bridgehead atoms. The van der Waals surface area contributed by atoms with Gasteiger partial charge in [0.25, 0.3) is 0 Å². The number of ether oxygens (including phenoxy) is 1. The summed E-state index contributed by atoms with van der Waals surface area (Å²) in [5.74, 6) is 0.402. The minimum Gasteiger partial charge on any atom is -0.466 e. The van der Waals surface area contributed by atoms with Gasteiger partial charge in [-0.3, -0.25) is 9.59 Å². The SMILES string of the molecule is CCOC(=O)C1CCCN(C(=O)CCCSc2nnc3c4cc(C)ccc4n(Cc4ccccc4)c3n2)C1. The van der Waals surface area contributed by atoms with Crippen molar-refractivity contribution in [3.8, 4) is 0 Å². The Kier molecular flexibility index (Phi) is 8.22. The Morgan fingerprint density at radius 2 is 1.97 bits per heavy atom. The van der Waals surface area contributed by atoms with Gasteiger partial charge in [0.15, 0.2) is 5.65 Å². The first kappa shape index (κ1) is 26.2. The predicted molar refractivity (Wildman–Crippen MR) is 149 cm³/mol. The van der Waals surface area contributed by atoms with Gasteiger partial charge in [0.2, 0.25) is 11.1 Å². The number of carbonyl (C=O) groups is 2. The molecule has 3 heterocycles. The van der Waals surface area contributed by atoms with Crippen LogP contribution >= 0.6 is 11.8 Å². The van der Waals surface area contributed by atoms with Gasteiger partial charge < -0.3 is 14.2 Å². The molecule has 1 unspecified atom stereocenters. The van der Waals surface area contributed by atoms with E-state index >= 15 is 0 Å². The number of aryl methyl sites for hydroxylation is 1. The zero-order chi connectivity index (χ0) is 26.5. The third-order valence-electron chi connectivity index (χ3n) is 6.95. The van der Waals surface area contributed by atoms with Crippen molar-refractivity contribution in [2.45, 2.75) is 51.2 Å². The highest BCUT2D eigenvalue weighted by Gasteiger charge is 2.29. The Morgan fingerprint density at radius 1 is 1.13 bits per heavy atom. The standard InChI is InChI=1S/C29H33N5O3S/c1-3-37-28(36)22-11-7-15-33(19-22)25(35)12-8-16-38-29-30-27-26(31-32-29)23-17-20(2)13-14-24(23)34(27)18-21-9-5-4-6-10-21/h4-6,9-10,13-14,17,22H,3,7-8,11-12,15-16,18-19H2,1-2H3. The molecule has 2 aromatic carbocycles. The number of fused-ring (bicyclic) bond motifs is 3. The first-order valence-electron chi connectivity index (χ1n) is 13.3. The maximum atomic E-state index is 12.8. The summed E-state index contributed by atoms with van der Waals surface area (Å²) in [6.07, 6.45) is 2.76. The lowest BCUT2D eigenvalue weighted by atomic mass is 9.98. The van der Waals surface area contributed by atoms with Gasteiger partial charge in [-0.25, -0.2) is 4.98 Å². The van der Waals surface area contributed by atoms with Crippen LogP contribution in [0.4, 0.5) is 0 Å². The van der Waals surface area contributed by atoms with Crippen molar-refractivity contribution in [1.82, 2.24) is 24.6 Å². The number of likely N-dealkylation sites (tertiary alicyclic amines) is 1. The summed E-state index contributed by atoms with van der Waals surface area (Å²) < 4.78 is 7.36. The van der Waals surface area contributed by atoms with E-state index in [0.717, 1.165) is 34.9 Å². The van der Waals surface area contributed by atoms with Gasteiger partial charge >= 0.3 is 5.97 Å². The van der Waals surface area contributed by atoms with Crippen molar-refractivity contribution >= 4 is 45.7 Å². The molecule has 0 spiro atoms. The lowest BCUT2D eigenvalue weighted by Gasteiger charge is -2.31. The van der Waals surface area contributed by atoms with E-state index < -0.39 is 0 Å². The number of thioether (sulfide) groups is 1. The molecule has 0 radical (unpaired) electrons. The summed E-state index contributed by atoms with van der Waals surface area (Å²) in [6, 6.07) is 16.7. The average molecular weight is 532 g/mol. The van der Waals surface area contributed by atoms with Gasteiger partial charge in [-0.1, -0.05) is 53.7 Å². The van der Waals surface area contributed by atoms with Gasteiger partial charge in [0, 0.05) is 37.2 Å². The highest BCUT2D eigenvalue weighted by molar-refractivity contribution is 7.99. The third kappa shape index (κ3) is 5.83. The average Bonchev–Trinajstić information content (AvgIpc) is 3.23. The van der Waals surface area contributed by atoms with E-state index in [1.165, 1.54) is 22.9 Å². The number of hydrogen-bond acceptors (Lipinski definition) is 7. The summed E-state index contributed by atoms with van der Waals surface area (Å²) in [4.78, 5) is 31.6. The largest absolute Gasteiger partial charge is 0.466 e. The predicted octanol–water partition coefficient (Wildman–Crippen LogP) is 5.01. The molecular weight excluding hydrogens is 498 g/mol. The smallest absolute Gasteiger partial charge is 0.310 e. The van der Waals surface area contributed by atoms with E-state index in [1.807, 2.05) is 30.0 Å². The molecule has 1 aliphatic rings. The van der Waals surface area contributed by atoms with Crippen LogP contribution < -0.4 is 0 Å². The van der Waals surface area contributed by atoms with Crippen molar-refractivity contribution < 1.29 is 14.3 Å². The lowest BCUT2D eigenvalue weighted by molar-refractivity contribution is -0.151. The van der Waals surface area contributed by atoms with Crippen molar-refractivity contribution in [3.05, 3.63) is 59.7 Å². The molecule has 0 aliphatic carbocycles. The fourth-order valence-corrected chi connectivity index (χ4v) is 5.76. The van der Waals surface area contributed by atoms with Crippen molar-refractivity contribution in [3.63, 3.8) is 0 Å². The molecular formula is C29H33N5O3S. The van der Waals surface area contributed by atoms with Crippen molar-refractivity contribution in [2.75, 3.05) is 25.4 Å². The number of aromatic nitrogens is 4. The van der Waals surface area contributed by atoms with Crippen molar-refractivity contribution in [1.29, 1.82) is 0 Å². The summed E-state index contributed by atoms with van der Waals surface area (Å²) in [7, 11) is 0. The summed E-state index contributed by atoms with van der Waals surface area (Å²) in [6.45, 7) is 6.12. The highest BCUT2D eigenvalue weighted by Crippen LogP contribution is 2.29. The monoisotopic (exact) mass is 531 g/mol. The van der Waals surface area contributed by atoms with Gasteiger partial charge in [-0.2, -0.15) is 0 Å². The number of esters is 1. The van der Waals surface area contributed by atoms with E-state index in [1.54, 1.807) is 0 Å². The molecule has 1 saturated heterocycles. The van der Waals surface area contributed by atoms with Gasteiger partial charge in [-0.15, -0.1) is 10.2 Å². The third-order valence-corrected chi connectivity index (χ3v) is 7.87. The lowest BCUT2D eigenvalue weighted by Crippen LogP contribution is -2.42. The molecule has 1 atom stereocenters. The quantitative estimate of drug-likeness (QED) is 0.170. The molecule has 1 fully saturated rings. The van der Waals surface area contributed by atoms with Crippen LogP contribution in [0.3, 0.4) is 0 Å². The van der Waals surface area contributed by atoms with Crippen LogP contribution in [0.25, 0.3) is 22.1 Å². The maximum absolute atomic E-state index is 12.8. The molecule has 2 aromatic heterocycles. The zero-order valence-electron chi connectivity index (χ0n) is 21.9. The van der Waals surface area contributed by atoms with E-state index in [-0.39, 0.29) is 17.8 Å². The number of rotatable bonds is 9. The first-order valence-corrected chi connectivity index (χ1v) is 14.3.